The van der Waals surface area contributed by atoms with Gasteiger partial charge in [0.15, 0.2) is 0 Å². The van der Waals surface area contributed by atoms with Gasteiger partial charge < -0.3 is 16.4 Å². The van der Waals surface area contributed by atoms with Crippen LogP contribution in [-0.4, -0.2) is 30.4 Å². The van der Waals surface area contributed by atoms with Crippen molar-refractivity contribution in [3.05, 3.63) is 0 Å². The number of nitrogens with one attached hydrogen (secondary N) is 2. The summed E-state index contributed by atoms with van der Waals surface area (Å²) in [4.78, 5) is 23.1. The Balaban J connectivity index is 3.70. The zero-order valence-corrected chi connectivity index (χ0v) is 12.7. The Labute approximate surface area is 116 Å². The van der Waals surface area contributed by atoms with Gasteiger partial charge in [0.1, 0.15) is 0 Å². The number of amides is 2. The molecule has 0 saturated heterocycles. The molecule has 0 aliphatic rings. The van der Waals surface area contributed by atoms with Crippen LogP contribution in [0.4, 0.5) is 0 Å². The molecule has 0 fully saturated rings. The molecule has 0 aliphatic heterocycles. The summed E-state index contributed by atoms with van der Waals surface area (Å²) in [6.07, 6.45) is 3.07. The molecule has 19 heavy (non-hydrogen) atoms. The van der Waals surface area contributed by atoms with Gasteiger partial charge in [-0.25, -0.2) is 0 Å². The van der Waals surface area contributed by atoms with E-state index in [4.69, 9.17) is 5.73 Å². The first-order valence-electron chi connectivity index (χ1n) is 7.15. The van der Waals surface area contributed by atoms with Gasteiger partial charge in [0, 0.05) is 31.0 Å². The minimum atomic E-state index is -0.0279. The summed E-state index contributed by atoms with van der Waals surface area (Å²) in [6.45, 7) is 8.10. The largest absolute Gasteiger partial charge is 0.355 e. The Hall–Kier alpha value is -1.10. The first kappa shape index (κ1) is 17.9. The minimum absolute atomic E-state index is 0.0158. The van der Waals surface area contributed by atoms with Crippen molar-refractivity contribution in [1.82, 2.24) is 10.6 Å². The maximum absolute atomic E-state index is 11.7. The zero-order chi connectivity index (χ0) is 14.8. The van der Waals surface area contributed by atoms with Gasteiger partial charge in [-0.05, 0) is 33.6 Å². The monoisotopic (exact) mass is 271 g/mol. The summed E-state index contributed by atoms with van der Waals surface area (Å²) in [6, 6.07) is 0.329. The van der Waals surface area contributed by atoms with Crippen molar-refractivity contribution in [2.24, 2.45) is 11.7 Å². The quantitative estimate of drug-likeness (QED) is 0.588. The molecular formula is C14H29N3O2. The lowest BCUT2D eigenvalue weighted by Gasteiger charge is -2.13. The lowest BCUT2D eigenvalue weighted by molar-refractivity contribution is -0.125. The molecule has 0 radical (unpaired) electrons. The van der Waals surface area contributed by atoms with Crippen LogP contribution >= 0.6 is 0 Å². The number of hydrogen-bond donors (Lipinski definition) is 3. The molecule has 0 aromatic carbocycles. The first-order chi connectivity index (χ1) is 8.82. The minimum Gasteiger partial charge on any atom is -0.355 e. The van der Waals surface area contributed by atoms with Gasteiger partial charge in [0.2, 0.25) is 11.8 Å². The van der Waals surface area contributed by atoms with E-state index in [1.807, 2.05) is 27.7 Å². The van der Waals surface area contributed by atoms with Gasteiger partial charge >= 0.3 is 0 Å². The third-order valence-electron chi connectivity index (χ3n) is 2.85. The molecule has 2 amide bonds. The van der Waals surface area contributed by atoms with E-state index < -0.39 is 0 Å². The summed E-state index contributed by atoms with van der Waals surface area (Å²) in [5.74, 6) is -0.0335. The molecule has 0 aromatic rings. The molecule has 2 unspecified atom stereocenters. The second kappa shape index (κ2) is 9.78. The summed E-state index contributed by atoms with van der Waals surface area (Å²) in [5.41, 5.74) is 5.66. The number of carbonyl (C=O) groups excluding carboxylic acids is 2. The van der Waals surface area contributed by atoms with Crippen molar-refractivity contribution >= 4 is 11.8 Å². The van der Waals surface area contributed by atoms with E-state index >= 15 is 0 Å². The van der Waals surface area contributed by atoms with Gasteiger partial charge in [-0.1, -0.05) is 13.3 Å². The van der Waals surface area contributed by atoms with Crippen molar-refractivity contribution in [2.45, 2.75) is 65.5 Å². The van der Waals surface area contributed by atoms with Crippen molar-refractivity contribution in [1.29, 1.82) is 0 Å². The van der Waals surface area contributed by atoms with E-state index in [0.717, 1.165) is 19.3 Å². The van der Waals surface area contributed by atoms with Crippen molar-refractivity contribution in [2.75, 3.05) is 6.54 Å². The third-order valence-corrected chi connectivity index (χ3v) is 2.85. The lowest BCUT2D eigenvalue weighted by atomic mass is 10.0. The second-order valence-electron chi connectivity index (χ2n) is 5.57. The fourth-order valence-electron chi connectivity index (χ4n) is 1.74. The molecule has 2 atom stereocenters. The van der Waals surface area contributed by atoms with Gasteiger partial charge in [0.25, 0.3) is 0 Å². The van der Waals surface area contributed by atoms with Crippen LogP contribution in [0.5, 0.6) is 0 Å². The van der Waals surface area contributed by atoms with Crippen LogP contribution in [0.1, 0.15) is 53.4 Å². The molecule has 112 valence electrons. The average Bonchev–Trinajstić information content (AvgIpc) is 2.26. The Morgan fingerprint density at radius 3 is 2.26 bits per heavy atom. The molecule has 4 N–H and O–H groups in total. The van der Waals surface area contributed by atoms with E-state index in [-0.39, 0.29) is 29.8 Å². The number of carbonyl (C=O) groups is 2. The molecule has 5 heteroatoms. The molecule has 0 bridgehead atoms. The highest BCUT2D eigenvalue weighted by molar-refractivity contribution is 5.80. The molecule has 0 aromatic heterocycles. The Kier molecular flexibility index (Phi) is 9.21. The molecule has 0 aliphatic carbocycles. The second-order valence-corrected chi connectivity index (χ2v) is 5.57. The molecular weight excluding hydrogens is 242 g/mol. The van der Waals surface area contributed by atoms with Crippen molar-refractivity contribution in [3.8, 4) is 0 Å². The number of rotatable bonds is 9. The fraction of sp³-hybridized carbons (Fsp3) is 0.857. The predicted octanol–water partition coefficient (Wildman–Crippen LogP) is 1.17. The number of hydrogen-bond acceptors (Lipinski definition) is 3. The highest BCUT2D eigenvalue weighted by Crippen LogP contribution is 2.08. The van der Waals surface area contributed by atoms with Crippen LogP contribution in [0.3, 0.4) is 0 Å². The Morgan fingerprint density at radius 2 is 1.74 bits per heavy atom. The zero-order valence-electron chi connectivity index (χ0n) is 12.7. The van der Waals surface area contributed by atoms with E-state index in [2.05, 4.69) is 10.6 Å². The summed E-state index contributed by atoms with van der Waals surface area (Å²) in [5, 5.41) is 5.58. The Bertz CT molecular complexity index is 278. The normalized spacial score (nSPS) is 14.0. The van der Waals surface area contributed by atoms with Gasteiger partial charge in [-0.15, -0.1) is 0 Å². The van der Waals surface area contributed by atoms with Crippen LogP contribution in [0.15, 0.2) is 0 Å². The standard InChI is InChI=1S/C14H29N3O2/c1-10(2)17-13(18)8-9-16-14(19)11(3)6-5-7-12(4)15/h10-12H,5-9,15H2,1-4H3,(H,16,19)(H,17,18). The molecule has 5 nitrogen and oxygen atoms in total. The van der Waals surface area contributed by atoms with E-state index in [9.17, 15) is 9.59 Å². The van der Waals surface area contributed by atoms with Crippen LogP contribution < -0.4 is 16.4 Å². The molecule has 0 rings (SSSR count). The highest BCUT2D eigenvalue weighted by Gasteiger charge is 2.13. The predicted molar refractivity (Wildman–Crippen MR) is 77.6 cm³/mol. The molecule has 0 heterocycles. The van der Waals surface area contributed by atoms with Crippen LogP contribution in [-0.2, 0) is 9.59 Å². The summed E-state index contributed by atoms with van der Waals surface area (Å²) in [7, 11) is 0. The molecule has 0 spiro atoms. The van der Waals surface area contributed by atoms with Crippen molar-refractivity contribution in [3.63, 3.8) is 0 Å². The maximum Gasteiger partial charge on any atom is 0.222 e. The van der Waals surface area contributed by atoms with Crippen LogP contribution in [0.25, 0.3) is 0 Å². The maximum atomic E-state index is 11.7. The van der Waals surface area contributed by atoms with E-state index in [0.29, 0.717) is 13.0 Å². The summed E-state index contributed by atoms with van der Waals surface area (Å²) >= 11 is 0. The number of nitrogens with two attached hydrogens (primary N) is 1. The Morgan fingerprint density at radius 1 is 1.11 bits per heavy atom. The van der Waals surface area contributed by atoms with Crippen LogP contribution in [0, 0.1) is 5.92 Å². The average molecular weight is 271 g/mol. The first-order valence-corrected chi connectivity index (χ1v) is 7.15. The van der Waals surface area contributed by atoms with E-state index in [1.54, 1.807) is 0 Å². The van der Waals surface area contributed by atoms with Gasteiger partial charge in [-0.2, -0.15) is 0 Å². The SMILES string of the molecule is CC(N)CCCC(C)C(=O)NCCC(=O)NC(C)C. The summed E-state index contributed by atoms with van der Waals surface area (Å²) < 4.78 is 0. The van der Waals surface area contributed by atoms with Gasteiger partial charge in [0.05, 0.1) is 0 Å². The van der Waals surface area contributed by atoms with Crippen LogP contribution in [0.2, 0.25) is 0 Å². The molecule has 0 saturated carbocycles. The lowest BCUT2D eigenvalue weighted by Crippen LogP contribution is -2.35. The smallest absolute Gasteiger partial charge is 0.222 e. The fourth-order valence-corrected chi connectivity index (χ4v) is 1.74. The van der Waals surface area contributed by atoms with Gasteiger partial charge in [-0.3, -0.25) is 9.59 Å². The highest BCUT2D eigenvalue weighted by atomic mass is 16.2. The van der Waals surface area contributed by atoms with Crippen molar-refractivity contribution < 1.29 is 9.59 Å². The van der Waals surface area contributed by atoms with E-state index in [1.165, 1.54) is 0 Å². The third kappa shape index (κ3) is 10.5. The topological polar surface area (TPSA) is 84.2 Å².